The van der Waals surface area contributed by atoms with Gasteiger partial charge in [-0.25, -0.2) is 0 Å². The van der Waals surface area contributed by atoms with Gasteiger partial charge < -0.3 is 25.4 Å². The maximum absolute atomic E-state index is 9.79. The molecule has 2 fully saturated rings. The monoisotopic (exact) mass is 310 g/mol. The van der Waals surface area contributed by atoms with E-state index >= 15 is 0 Å². The Hall–Kier alpha value is -0.990. The zero-order chi connectivity index (χ0) is 15.4. The summed E-state index contributed by atoms with van der Waals surface area (Å²) in [6, 6.07) is 2.02. The van der Waals surface area contributed by atoms with Crippen LogP contribution in [0, 0.1) is 0 Å². The predicted molar refractivity (Wildman–Crippen MR) is 81.3 cm³/mol. The molecule has 124 valence electrons. The summed E-state index contributed by atoms with van der Waals surface area (Å²) in [7, 11) is 0. The van der Waals surface area contributed by atoms with Gasteiger partial charge in [0, 0.05) is 45.2 Å². The van der Waals surface area contributed by atoms with Crippen LogP contribution in [0.1, 0.15) is 24.3 Å². The van der Waals surface area contributed by atoms with Gasteiger partial charge in [-0.05, 0) is 12.8 Å². The van der Waals surface area contributed by atoms with Gasteiger partial charge in [0.1, 0.15) is 0 Å². The molecule has 0 aromatic carbocycles. The fourth-order valence-electron chi connectivity index (χ4n) is 3.16. The van der Waals surface area contributed by atoms with Gasteiger partial charge in [-0.1, -0.05) is 5.16 Å². The molecule has 2 aliphatic heterocycles. The van der Waals surface area contributed by atoms with Crippen molar-refractivity contribution in [2.75, 3.05) is 32.7 Å². The van der Waals surface area contributed by atoms with Crippen LogP contribution >= 0.6 is 0 Å². The molecule has 7 nitrogen and oxygen atoms in total. The lowest BCUT2D eigenvalue weighted by Crippen LogP contribution is -2.44. The van der Waals surface area contributed by atoms with Gasteiger partial charge in [0.2, 0.25) is 0 Å². The van der Waals surface area contributed by atoms with Crippen LogP contribution in [-0.2, 0) is 17.7 Å². The van der Waals surface area contributed by atoms with Gasteiger partial charge in [-0.2, -0.15) is 0 Å². The van der Waals surface area contributed by atoms with Crippen LogP contribution in [0.5, 0.6) is 0 Å². The zero-order valence-corrected chi connectivity index (χ0v) is 12.9. The van der Waals surface area contributed by atoms with E-state index in [1.54, 1.807) is 0 Å². The average Bonchev–Trinajstić information content (AvgIpc) is 2.97. The number of aromatic nitrogens is 1. The molecule has 0 unspecified atom stereocenters. The number of nitrogens with one attached hydrogen (secondary N) is 1. The van der Waals surface area contributed by atoms with Crippen molar-refractivity contribution in [3.05, 3.63) is 17.5 Å². The molecule has 4 N–H and O–H groups in total. The third kappa shape index (κ3) is 4.05. The minimum atomic E-state index is -0.443. The lowest BCUT2D eigenvalue weighted by Gasteiger charge is -2.32. The highest BCUT2D eigenvalue weighted by atomic mass is 16.5. The molecule has 0 spiro atoms. The van der Waals surface area contributed by atoms with Gasteiger partial charge in [-0.15, -0.1) is 0 Å². The summed E-state index contributed by atoms with van der Waals surface area (Å²) in [5, 5.41) is 17.3. The van der Waals surface area contributed by atoms with Crippen molar-refractivity contribution in [1.29, 1.82) is 0 Å². The largest absolute Gasteiger partial charge is 0.390 e. The van der Waals surface area contributed by atoms with Crippen molar-refractivity contribution in [1.82, 2.24) is 15.4 Å². The molecule has 1 aromatic heterocycles. The number of aliphatic hydroxyl groups is 1. The molecule has 0 radical (unpaired) electrons. The number of piperazine rings is 1. The van der Waals surface area contributed by atoms with E-state index < -0.39 is 6.10 Å². The molecule has 0 amide bonds. The number of aliphatic hydroxyl groups excluding tert-OH is 1. The highest BCUT2D eigenvalue weighted by Gasteiger charge is 2.29. The maximum Gasteiger partial charge on any atom is 0.150 e. The summed E-state index contributed by atoms with van der Waals surface area (Å²) in [5.74, 6) is 0.906. The Balaban J connectivity index is 1.50. The quantitative estimate of drug-likeness (QED) is 0.674. The van der Waals surface area contributed by atoms with Crippen LogP contribution in [0.2, 0.25) is 0 Å². The van der Waals surface area contributed by atoms with Crippen molar-refractivity contribution in [2.24, 2.45) is 5.73 Å². The Kier molecular flexibility index (Phi) is 5.43. The number of rotatable bonds is 5. The molecule has 1 aromatic rings. The molecular weight excluding hydrogens is 284 g/mol. The molecule has 0 aliphatic carbocycles. The molecule has 0 bridgehead atoms. The Labute approximate surface area is 130 Å². The zero-order valence-electron chi connectivity index (χ0n) is 12.9. The van der Waals surface area contributed by atoms with Gasteiger partial charge >= 0.3 is 0 Å². The van der Waals surface area contributed by atoms with Crippen molar-refractivity contribution >= 4 is 0 Å². The van der Waals surface area contributed by atoms with Crippen molar-refractivity contribution < 1.29 is 14.4 Å². The SMILES string of the molecule is NC[C@H]1O[C@H](Cc2cc(CN3CCNCC3)on2)CC[C@@H]1O. The Bertz CT molecular complexity index is 461. The van der Waals surface area contributed by atoms with Crippen LogP contribution in [0.3, 0.4) is 0 Å². The van der Waals surface area contributed by atoms with Gasteiger partial charge in [0.25, 0.3) is 0 Å². The Morgan fingerprint density at radius 2 is 2.18 bits per heavy atom. The molecule has 0 saturated carbocycles. The van der Waals surface area contributed by atoms with Crippen molar-refractivity contribution in [3.8, 4) is 0 Å². The second-order valence-electron chi connectivity index (χ2n) is 6.19. The topological polar surface area (TPSA) is 96.8 Å². The van der Waals surface area contributed by atoms with E-state index in [1.165, 1.54) is 0 Å². The molecule has 3 heterocycles. The number of nitrogens with zero attached hydrogens (tertiary/aromatic N) is 2. The molecule has 22 heavy (non-hydrogen) atoms. The van der Waals surface area contributed by atoms with Gasteiger partial charge in [0.15, 0.2) is 5.76 Å². The Morgan fingerprint density at radius 1 is 1.36 bits per heavy atom. The first-order chi connectivity index (χ1) is 10.7. The molecular formula is C15H26N4O3. The normalized spacial score (nSPS) is 30.5. The van der Waals surface area contributed by atoms with Crippen LogP contribution in [0.15, 0.2) is 10.6 Å². The standard InChI is InChI=1S/C15H26N4O3/c16-9-15-14(20)2-1-12(21-15)7-11-8-13(22-18-11)10-19-5-3-17-4-6-19/h8,12,14-15,17,20H,1-7,9-10,16H2/t12-,14-,15+/m0/s1. The van der Waals surface area contributed by atoms with Crippen LogP contribution in [0.25, 0.3) is 0 Å². The maximum atomic E-state index is 9.79. The highest BCUT2D eigenvalue weighted by molar-refractivity contribution is 5.07. The first kappa shape index (κ1) is 15.9. The van der Waals surface area contributed by atoms with E-state index in [2.05, 4.69) is 15.4 Å². The number of nitrogens with two attached hydrogens (primary N) is 1. The third-order valence-electron chi connectivity index (χ3n) is 4.45. The summed E-state index contributed by atoms with van der Waals surface area (Å²) in [6.07, 6.45) is 1.64. The third-order valence-corrected chi connectivity index (χ3v) is 4.45. The second kappa shape index (κ2) is 7.52. The fourth-order valence-corrected chi connectivity index (χ4v) is 3.16. The van der Waals surface area contributed by atoms with Crippen LogP contribution in [0.4, 0.5) is 0 Å². The molecule has 3 atom stereocenters. The molecule has 3 rings (SSSR count). The van der Waals surface area contributed by atoms with E-state index in [0.717, 1.165) is 57.0 Å². The fraction of sp³-hybridized carbons (Fsp3) is 0.800. The Morgan fingerprint density at radius 3 is 2.95 bits per heavy atom. The summed E-state index contributed by atoms with van der Waals surface area (Å²) in [6.45, 7) is 5.30. The number of hydrogen-bond acceptors (Lipinski definition) is 7. The van der Waals surface area contributed by atoms with E-state index in [4.69, 9.17) is 15.0 Å². The molecule has 7 heteroatoms. The summed E-state index contributed by atoms with van der Waals surface area (Å²) in [5.41, 5.74) is 6.55. The summed E-state index contributed by atoms with van der Waals surface area (Å²) in [4.78, 5) is 2.36. The van der Waals surface area contributed by atoms with E-state index in [1.807, 2.05) is 6.07 Å². The minimum Gasteiger partial charge on any atom is -0.390 e. The van der Waals surface area contributed by atoms with Crippen molar-refractivity contribution in [2.45, 2.75) is 44.1 Å². The highest BCUT2D eigenvalue weighted by Crippen LogP contribution is 2.22. The number of ether oxygens (including phenoxy) is 1. The lowest BCUT2D eigenvalue weighted by atomic mass is 9.98. The minimum absolute atomic E-state index is 0.0640. The summed E-state index contributed by atoms with van der Waals surface area (Å²) < 4.78 is 11.3. The second-order valence-corrected chi connectivity index (χ2v) is 6.19. The van der Waals surface area contributed by atoms with E-state index in [0.29, 0.717) is 13.0 Å². The smallest absolute Gasteiger partial charge is 0.150 e. The van der Waals surface area contributed by atoms with Gasteiger partial charge in [-0.3, -0.25) is 4.90 Å². The van der Waals surface area contributed by atoms with E-state index in [9.17, 15) is 5.11 Å². The molecule has 2 aliphatic rings. The van der Waals surface area contributed by atoms with Crippen LogP contribution < -0.4 is 11.1 Å². The van der Waals surface area contributed by atoms with Crippen molar-refractivity contribution in [3.63, 3.8) is 0 Å². The lowest BCUT2D eigenvalue weighted by molar-refractivity contribution is -0.112. The average molecular weight is 310 g/mol. The van der Waals surface area contributed by atoms with Crippen LogP contribution in [-0.4, -0.2) is 66.2 Å². The predicted octanol–water partition coefficient (Wildman–Crippen LogP) is -0.510. The van der Waals surface area contributed by atoms with E-state index in [-0.39, 0.29) is 12.2 Å². The van der Waals surface area contributed by atoms with Gasteiger partial charge in [0.05, 0.1) is 30.6 Å². The first-order valence-electron chi connectivity index (χ1n) is 8.15. The summed E-state index contributed by atoms with van der Waals surface area (Å²) >= 11 is 0. The first-order valence-corrected chi connectivity index (χ1v) is 8.15. The number of hydrogen-bond donors (Lipinski definition) is 3. The molecule has 2 saturated heterocycles.